The molecule has 0 N–H and O–H groups in total. The first-order valence-corrected chi connectivity index (χ1v) is 6.72. The van der Waals surface area contributed by atoms with Gasteiger partial charge in [0.05, 0.1) is 4.92 Å². The lowest BCUT2D eigenvalue weighted by Gasteiger charge is -2.22. The van der Waals surface area contributed by atoms with Crippen LogP contribution in [0.4, 0.5) is 11.4 Å². The number of nitro groups is 1. The number of nitro benzene ring substituents is 1. The predicted octanol–water partition coefficient (Wildman–Crippen LogP) is 1.94. The molecule has 0 spiro atoms. The van der Waals surface area contributed by atoms with Gasteiger partial charge in [0.2, 0.25) is 0 Å². The summed E-state index contributed by atoms with van der Waals surface area (Å²) in [4.78, 5) is 26.5. The Morgan fingerprint density at radius 1 is 1.25 bits per heavy atom. The molecule has 0 unspecified atom stereocenters. The van der Waals surface area contributed by atoms with Crippen molar-refractivity contribution in [3.63, 3.8) is 0 Å². The molecule has 0 amide bonds. The first-order chi connectivity index (χ1) is 9.49. The molecule has 0 saturated carbocycles. The van der Waals surface area contributed by atoms with Crippen molar-refractivity contribution >= 4 is 17.2 Å². The maximum absolute atomic E-state index is 11.4. The van der Waals surface area contributed by atoms with Crippen molar-refractivity contribution in [3.05, 3.63) is 33.9 Å². The SMILES string of the molecule is CC(=O)c1ccc(N2CCCN(C)CC2)c([N+](=O)[O-])c1. The Labute approximate surface area is 118 Å². The zero-order chi connectivity index (χ0) is 14.7. The Kier molecular flexibility index (Phi) is 4.34. The van der Waals surface area contributed by atoms with Gasteiger partial charge in [-0.05, 0) is 39.1 Å². The van der Waals surface area contributed by atoms with Crippen LogP contribution < -0.4 is 4.90 Å². The molecular weight excluding hydrogens is 258 g/mol. The standard InChI is InChI=1S/C14H19N3O3/c1-11(18)12-4-5-13(14(10-12)17(19)20)16-7-3-6-15(2)8-9-16/h4-5,10H,3,6-9H2,1-2H3. The van der Waals surface area contributed by atoms with Crippen LogP contribution in [0.2, 0.25) is 0 Å². The molecule has 1 aromatic carbocycles. The normalized spacial score (nSPS) is 16.8. The highest BCUT2D eigenvalue weighted by molar-refractivity contribution is 5.95. The van der Waals surface area contributed by atoms with Gasteiger partial charge >= 0.3 is 0 Å². The Hall–Kier alpha value is -1.95. The summed E-state index contributed by atoms with van der Waals surface area (Å²) in [6.45, 7) is 4.85. The zero-order valence-electron chi connectivity index (χ0n) is 11.8. The molecule has 0 radical (unpaired) electrons. The van der Waals surface area contributed by atoms with Gasteiger partial charge in [0.1, 0.15) is 5.69 Å². The van der Waals surface area contributed by atoms with Crippen LogP contribution in [-0.2, 0) is 0 Å². The molecule has 6 heteroatoms. The molecule has 1 heterocycles. The molecule has 0 aromatic heterocycles. The van der Waals surface area contributed by atoms with Crippen molar-refractivity contribution in [1.29, 1.82) is 0 Å². The number of rotatable bonds is 3. The number of hydrogen-bond acceptors (Lipinski definition) is 5. The van der Waals surface area contributed by atoms with E-state index in [0.29, 0.717) is 11.3 Å². The highest BCUT2D eigenvalue weighted by atomic mass is 16.6. The van der Waals surface area contributed by atoms with Gasteiger partial charge in [-0.15, -0.1) is 0 Å². The molecule has 0 atom stereocenters. The van der Waals surface area contributed by atoms with Crippen LogP contribution in [0.15, 0.2) is 18.2 Å². The summed E-state index contributed by atoms with van der Waals surface area (Å²) >= 11 is 0. The third-order valence-corrected chi connectivity index (χ3v) is 3.64. The summed E-state index contributed by atoms with van der Waals surface area (Å²) < 4.78 is 0. The Morgan fingerprint density at radius 3 is 2.65 bits per heavy atom. The Morgan fingerprint density at radius 2 is 2.00 bits per heavy atom. The van der Waals surface area contributed by atoms with Gasteiger partial charge < -0.3 is 9.80 Å². The van der Waals surface area contributed by atoms with E-state index in [-0.39, 0.29) is 11.5 Å². The van der Waals surface area contributed by atoms with Gasteiger partial charge in [0, 0.05) is 31.3 Å². The molecule has 2 rings (SSSR count). The first-order valence-electron chi connectivity index (χ1n) is 6.72. The molecular formula is C14H19N3O3. The first kappa shape index (κ1) is 14.5. The van der Waals surface area contributed by atoms with Gasteiger partial charge in [-0.1, -0.05) is 0 Å². The average molecular weight is 277 g/mol. The lowest BCUT2D eigenvalue weighted by molar-refractivity contribution is -0.384. The van der Waals surface area contributed by atoms with E-state index < -0.39 is 4.92 Å². The van der Waals surface area contributed by atoms with Gasteiger partial charge in [-0.25, -0.2) is 0 Å². The second-order valence-electron chi connectivity index (χ2n) is 5.16. The largest absolute Gasteiger partial charge is 0.365 e. The van der Waals surface area contributed by atoms with Crippen LogP contribution in [0, 0.1) is 10.1 Å². The number of carbonyl (C=O) groups is 1. The molecule has 0 aliphatic carbocycles. The highest BCUT2D eigenvalue weighted by Gasteiger charge is 2.22. The monoisotopic (exact) mass is 277 g/mol. The van der Waals surface area contributed by atoms with E-state index in [1.54, 1.807) is 12.1 Å². The molecule has 20 heavy (non-hydrogen) atoms. The van der Waals surface area contributed by atoms with Crippen LogP contribution in [0.3, 0.4) is 0 Å². The highest BCUT2D eigenvalue weighted by Crippen LogP contribution is 2.30. The number of hydrogen-bond donors (Lipinski definition) is 0. The third-order valence-electron chi connectivity index (χ3n) is 3.64. The van der Waals surface area contributed by atoms with Crippen LogP contribution >= 0.6 is 0 Å². The molecule has 6 nitrogen and oxygen atoms in total. The molecule has 0 bridgehead atoms. The van der Waals surface area contributed by atoms with E-state index in [2.05, 4.69) is 11.9 Å². The number of benzene rings is 1. The molecule has 1 aromatic rings. The third kappa shape index (κ3) is 3.14. The predicted molar refractivity (Wildman–Crippen MR) is 77.4 cm³/mol. The summed E-state index contributed by atoms with van der Waals surface area (Å²) in [5.74, 6) is -0.157. The number of anilines is 1. The van der Waals surface area contributed by atoms with Crippen molar-refractivity contribution in [1.82, 2.24) is 4.90 Å². The van der Waals surface area contributed by atoms with Crippen LogP contribution in [0.25, 0.3) is 0 Å². The van der Waals surface area contributed by atoms with Gasteiger partial charge in [-0.2, -0.15) is 0 Å². The minimum atomic E-state index is -0.406. The van der Waals surface area contributed by atoms with E-state index in [0.717, 1.165) is 32.6 Å². The smallest absolute Gasteiger partial charge is 0.293 e. The van der Waals surface area contributed by atoms with Crippen LogP contribution in [0.5, 0.6) is 0 Å². The maximum Gasteiger partial charge on any atom is 0.293 e. The van der Waals surface area contributed by atoms with Crippen molar-refractivity contribution < 1.29 is 9.72 Å². The molecule has 1 saturated heterocycles. The topological polar surface area (TPSA) is 66.7 Å². The van der Waals surface area contributed by atoms with Gasteiger partial charge in [-0.3, -0.25) is 14.9 Å². The zero-order valence-corrected chi connectivity index (χ0v) is 11.8. The summed E-state index contributed by atoms with van der Waals surface area (Å²) in [6.07, 6.45) is 0.974. The Bertz CT molecular complexity index is 530. The fourth-order valence-corrected chi connectivity index (χ4v) is 2.44. The van der Waals surface area contributed by atoms with E-state index in [4.69, 9.17) is 0 Å². The van der Waals surface area contributed by atoms with E-state index in [1.807, 2.05) is 4.90 Å². The van der Waals surface area contributed by atoms with Crippen LogP contribution in [0.1, 0.15) is 23.7 Å². The maximum atomic E-state index is 11.4. The summed E-state index contributed by atoms with van der Waals surface area (Å²) in [7, 11) is 2.05. The molecule has 1 aliphatic rings. The van der Waals surface area contributed by atoms with Crippen LogP contribution in [-0.4, -0.2) is 48.8 Å². The quantitative estimate of drug-likeness (QED) is 0.480. The number of likely N-dealkylation sites (N-methyl/N-ethyl adjacent to an activating group) is 1. The van der Waals surface area contributed by atoms with Gasteiger partial charge in [0.15, 0.2) is 5.78 Å². The fourth-order valence-electron chi connectivity index (χ4n) is 2.44. The lowest BCUT2D eigenvalue weighted by Crippen LogP contribution is -2.29. The van der Waals surface area contributed by atoms with Crippen molar-refractivity contribution in [3.8, 4) is 0 Å². The minimum Gasteiger partial charge on any atom is -0.365 e. The molecule has 1 fully saturated rings. The number of ketones is 1. The van der Waals surface area contributed by atoms with Crippen molar-refractivity contribution in [2.75, 3.05) is 38.1 Å². The number of carbonyl (C=O) groups excluding carboxylic acids is 1. The summed E-state index contributed by atoms with van der Waals surface area (Å²) in [5.41, 5.74) is 1.00. The van der Waals surface area contributed by atoms with Crippen molar-refractivity contribution in [2.45, 2.75) is 13.3 Å². The van der Waals surface area contributed by atoms with E-state index >= 15 is 0 Å². The fraction of sp³-hybridized carbons (Fsp3) is 0.500. The van der Waals surface area contributed by atoms with Gasteiger partial charge in [0.25, 0.3) is 5.69 Å². The minimum absolute atomic E-state index is 0.0160. The molecule has 1 aliphatic heterocycles. The number of nitrogens with zero attached hydrogens (tertiary/aromatic N) is 3. The summed E-state index contributed by atoms with van der Waals surface area (Å²) in [5, 5.41) is 11.2. The Balaban J connectivity index is 2.35. The molecule has 108 valence electrons. The summed E-state index contributed by atoms with van der Waals surface area (Å²) in [6, 6.07) is 4.74. The second kappa shape index (κ2) is 6.00. The van der Waals surface area contributed by atoms with Crippen molar-refractivity contribution in [2.24, 2.45) is 0 Å². The van der Waals surface area contributed by atoms with E-state index in [9.17, 15) is 14.9 Å². The second-order valence-corrected chi connectivity index (χ2v) is 5.16. The van der Waals surface area contributed by atoms with E-state index in [1.165, 1.54) is 13.0 Å². The average Bonchev–Trinajstić information content (AvgIpc) is 2.62. The lowest BCUT2D eigenvalue weighted by atomic mass is 10.1. The number of Topliss-reactive ketones (excluding diaryl/α,β-unsaturated/α-hetero) is 1.